The van der Waals surface area contributed by atoms with Gasteiger partial charge in [0.15, 0.2) is 0 Å². The molecule has 2 aliphatic rings. The second-order valence-electron chi connectivity index (χ2n) is 8.86. The zero-order valence-corrected chi connectivity index (χ0v) is 19.3. The van der Waals surface area contributed by atoms with Crippen LogP contribution in [0, 0.1) is 0 Å². The number of ether oxygens (including phenoxy) is 2. The smallest absolute Gasteiger partial charge is 0.254 e. The maximum atomic E-state index is 13.1. The summed E-state index contributed by atoms with van der Waals surface area (Å²) in [5.74, 6) is 1.19. The lowest BCUT2D eigenvalue weighted by Crippen LogP contribution is -2.58. The molecule has 32 heavy (non-hydrogen) atoms. The number of carbonyl (C=O) groups excluding carboxylic acids is 1. The number of amides is 1. The third kappa shape index (κ3) is 5.74. The molecule has 1 amide bonds. The van der Waals surface area contributed by atoms with Crippen LogP contribution in [0.5, 0.6) is 11.5 Å². The molecule has 2 aromatic rings. The van der Waals surface area contributed by atoms with Crippen molar-refractivity contribution in [2.75, 3.05) is 39.3 Å². The van der Waals surface area contributed by atoms with Crippen molar-refractivity contribution in [2.45, 2.75) is 37.9 Å². The Morgan fingerprint density at radius 2 is 1.88 bits per heavy atom. The van der Waals surface area contributed by atoms with E-state index in [0.29, 0.717) is 41.7 Å². The molecule has 6 nitrogen and oxygen atoms in total. The van der Waals surface area contributed by atoms with Crippen molar-refractivity contribution in [1.82, 2.24) is 9.80 Å². The summed E-state index contributed by atoms with van der Waals surface area (Å²) in [5, 5.41) is 11.6. The number of likely N-dealkylation sites (tertiary alicyclic amines) is 2. The number of nitrogens with zero attached hydrogens (tertiary/aromatic N) is 2. The maximum Gasteiger partial charge on any atom is 0.254 e. The second-order valence-corrected chi connectivity index (χ2v) is 9.30. The van der Waals surface area contributed by atoms with Gasteiger partial charge in [-0.1, -0.05) is 23.7 Å². The fourth-order valence-electron chi connectivity index (χ4n) is 4.42. The molecule has 0 spiro atoms. The highest BCUT2D eigenvalue weighted by molar-refractivity contribution is 6.30. The van der Waals surface area contributed by atoms with Crippen LogP contribution in [0.1, 0.15) is 36.5 Å². The van der Waals surface area contributed by atoms with Crippen molar-refractivity contribution in [3.8, 4) is 11.5 Å². The highest BCUT2D eigenvalue weighted by Gasteiger charge is 2.41. The third-order valence-corrected chi connectivity index (χ3v) is 6.42. The summed E-state index contributed by atoms with van der Waals surface area (Å²) >= 11 is 6.04. The molecule has 0 unspecified atom stereocenters. The lowest BCUT2D eigenvalue weighted by molar-refractivity contribution is -0.0899. The molecule has 0 aliphatic carbocycles. The molecule has 2 fully saturated rings. The van der Waals surface area contributed by atoms with Crippen molar-refractivity contribution < 1.29 is 19.4 Å². The number of carbonyl (C=O) groups is 1. The van der Waals surface area contributed by atoms with Crippen LogP contribution in [0.2, 0.25) is 5.02 Å². The minimum absolute atomic E-state index is 0.114. The SMILES string of the molecule is C[C@]1(O)CN(C(=O)c2cccc(OCCN3CCCC3)c2)CC[C@@H]1Oc1cccc(Cl)c1. The first-order valence-corrected chi connectivity index (χ1v) is 11.7. The fourth-order valence-corrected chi connectivity index (χ4v) is 4.60. The van der Waals surface area contributed by atoms with Gasteiger partial charge in [-0.25, -0.2) is 0 Å². The quantitative estimate of drug-likeness (QED) is 0.682. The Hall–Kier alpha value is -2.28. The Bertz CT molecular complexity index is 930. The van der Waals surface area contributed by atoms with Crippen LogP contribution < -0.4 is 9.47 Å². The number of piperidine rings is 1. The molecule has 0 aromatic heterocycles. The van der Waals surface area contributed by atoms with E-state index in [1.54, 1.807) is 36.1 Å². The van der Waals surface area contributed by atoms with E-state index in [4.69, 9.17) is 21.1 Å². The van der Waals surface area contributed by atoms with Crippen molar-refractivity contribution in [1.29, 1.82) is 0 Å². The average Bonchev–Trinajstić information content (AvgIpc) is 3.28. The van der Waals surface area contributed by atoms with Gasteiger partial charge in [0.2, 0.25) is 0 Å². The number of β-amino-alcohol motifs (C(OH)–C–C–N with tert-alkyl or cyclic N) is 1. The number of hydrogen-bond acceptors (Lipinski definition) is 5. The molecular weight excluding hydrogens is 428 g/mol. The first kappa shape index (κ1) is 22.9. The van der Waals surface area contributed by atoms with Gasteiger partial charge >= 0.3 is 0 Å². The monoisotopic (exact) mass is 458 g/mol. The molecule has 2 aliphatic heterocycles. The predicted molar refractivity (Wildman–Crippen MR) is 125 cm³/mol. The molecule has 2 saturated heterocycles. The molecule has 2 aromatic carbocycles. The van der Waals surface area contributed by atoms with Crippen LogP contribution >= 0.6 is 11.6 Å². The summed E-state index contributed by atoms with van der Waals surface area (Å²) in [6.45, 7) is 6.19. The molecule has 172 valence electrons. The first-order valence-electron chi connectivity index (χ1n) is 11.3. The summed E-state index contributed by atoms with van der Waals surface area (Å²) in [6.07, 6.45) is 2.62. The minimum atomic E-state index is -1.18. The Labute approximate surface area is 194 Å². The lowest BCUT2D eigenvalue weighted by atomic mass is 9.91. The van der Waals surface area contributed by atoms with Crippen molar-refractivity contribution in [3.63, 3.8) is 0 Å². The summed E-state index contributed by atoms with van der Waals surface area (Å²) < 4.78 is 11.9. The van der Waals surface area contributed by atoms with E-state index in [-0.39, 0.29) is 12.5 Å². The van der Waals surface area contributed by atoms with E-state index in [1.807, 2.05) is 24.3 Å². The van der Waals surface area contributed by atoms with Crippen LogP contribution in [0.3, 0.4) is 0 Å². The summed E-state index contributed by atoms with van der Waals surface area (Å²) in [6, 6.07) is 14.4. The van der Waals surface area contributed by atoms with Gasteiger partial charge in [-0.3, -0.25) is 9.69 Å². The predicted octanol–water partition coefficient (Wildman–Crippen LogP) is 3.86. The third-order valence-electron chi connectivity index (χ3n) is 6.18. The first-order chi connectivity index (χ1) is 15.4. The summed E-state index contributed by atoms with van der Waals surface area (Å²) in [4.78, 5) is 17.2. The Balaban J connectivity index is 1.34. The van der Waals surface area contributed by atoms with Crippen LogP contribution in [-0.4, -0.2) is 71.8 Å². The van der Waals surface area contributed by atoms with Crippen LogP contribution in [0.4, 0.5) is 0 Å². The lowest BCUT2D eigenvalue weighted by Gasteiger charge is -2.42. The number of rotatable bonds is 7. The molecule has 0 radical (unpaired) electrons. The van der Waals surface area contributed by atoms with E-state index in [1.165, 1.54) is 12.8 Å². The van der Waals surface area contributed by atoms with Crippen LogP contribution in [0.25, 0.3) is 0 Å². The molecular formula is C25H31ClN2O4. The number of halogens is 1. The average molecular weight is 459 g/mol. The van der Waals surface area contributed by atoms with E-state index >= 15 is 0 Å². The molecule has 0 saturated carbocycles. The molecule has 2 atom stereocenters. The fraction of sp³-hybridized carbons (Fsp3) is 0.480. The van der Waals surface area contributed by atoms with E-state index < -0.39 is 11.7 Å². The number of benzene rings is 2. The van der Waals surface area contributed by atoms with E-state index in [9.17, 15) is 9.90 Å². The number of hydrogen-bond donors (Lipinski definition) is 1. The van der Waals surface area contributed by atoms with E-state index in [2.05, 4.69) is 4.90 Å². The van der Waals surface area contributed by atoms with Gasteiger partial charge in [-0.05, 0) is 69.3 Å². The highest BCUT2D eigenvalue weighted by atomic mass is 35.5. The van der Waals surface area contributed by atoms with Crippen molar-refractivity contribution in [2.24, 2.45) is 0 Å². The maximum absolute atomic E-state index is 13.1. The molecule has 0 bridgehead atoms. The number of aliphatic hydroxyl groups is 1. The van der Waals surface area contributed by atoms with Gasteiger partial charge in [-0.15, -0.1) is 0 Å². The van der Waals surface area contributed by atoms with Gasteiger partial charge in [-0.2, -0.15) is 0 Å². The second kappa shape index (κ2) is 10.1. The van der Waals surface area contributed by atoms with Crippen molar-refractivity contribution in [3.05, 3.63) is 59.1 Å². The van der Waals surface area contributed by atoms with Gasteiger partial charge in [0.1, 0.15) is 29.8 Å². The van der Waals surface area contributed by atoms with Crippen LogP contribution in [0.15, 0.2) is 48.5 Å². The normalized spacial score (nSPS) is 23.8. The Kier molecular flexibility index (Phi) is 7.23. The van der Waals surface area contributed by atoms with E-state index in [0.717, 1.165) is 19.6 Å². The highest BCUT2D eigenvalue weighted by Crippen LogP contribution is 2.29. The summed E-state index contributed by atoms with van der Waals surface area (Å²) in [5.41, 5.74) is -0.617. The van der Waals surface area contributed by atoms with Gasteiger partial charge in [0, 0.05) is 30.1 Å². The molecule has 4 rings (SSSR count). The van der Waals surface area contributed by atoms with Gasteiger partial charge in [0.25, 0.3) is 5.91 Å². The molecule has 7 heteroatoms. The van der Waals surface area contributed by atoms with Gasteiger partial charge in [0.05, 0.1) is 6.54 Å². The van der Waals surface area contributed by atoms with Crippen molar-refractivity contribution >= 4 is 17.5 Å². The topological polar surface area (TPSA) is 62.2 Å². The zero-order chi connectivity index (χ0) is 22.6. The van der Waals surface area contributed by atoms with Crippen LogP contribution in [-0.2, 0) is 0 Å². The Morgan fingerprint density at radius 3 is 2.62 bits per heavy atom. The molecule has 1 N–H and O–H groups in total. The minimum Gasteiger partial charge on any atom is -0.492 e. The molecule has 2 heterocycles. The summed E-state index contributed by atoms with van der Waals surface area (Å²) in [7, 11) is 0. The standard InChI is InChI=1S/C25H31ClN2O4/c1-25(30)18-28(13-10-23(25)32-22-9-5-7-20(26)17-22)24(29)19-6-4-8-21(16-19)31-15-14-27-11-2-3-12-27/h4-9,16-17,23,30H,2-3,10-15,18H2,1H3/t23-,25-/m0/s1. The largest absolute Gasteiger partial charge is 0.492 e. The Morgan fingerprint density at radius 1 is 1.12 bits per heavy atom. The van der Waals surface area contributed by atoms with Gasteiger partial charge < -0.3 is 19.5 Å². The zero-order valence-electron chi connectivity index (χ0n) is 18.5.